The molecule has 1 atom stereocenters. The number of anilines is 3. The quantitative estimate of drug-likeness (QED) is 0.263. The third kappa shape index (κ3) is 8.98. The Kier molecular flexibility index (Phi) is 11.1. The van der Waals surface area contributed by atoms with E-state index >= 15 is 0 Å². The highest BCUT2D eigenvalue weighted by atomic mass is 32.2. The average molecular weight is 686 g/mol. The lowest BCUT2D eigenvalue weighted by Gasteiger charge is -2.33. The van der Waals surface area contributed by atoms with Gasteiger partial charge in [0.2, 0.25) is 21.9 Å². The van der Waals surface area contributed by atoms with Crippen LogP contribution in [0.25, 0.3) is 0 Å². The number of nitrogens with zero attached hydrogens (tertiary/aromatic N) is 7. The number of Topliss-reactive ketones (excluding diaryl/α,β-unsaturated/α-hetero) is 1. The Bertz CT molecular complexity index is 1900. The molecule has 0 bridgehead atoms. The molecule has 18 heteroatoms. The fourth-order valence-corrected chi connectivity index (χ4v) is 6.32. The van der Waals surface area contributed by atoms with E-state index in [1.54, 1.807) is 25.1 Å². The number of benzene rings is 1. The summed E-state index contributed by atoms with van der Waals surface area (Å²) >= 11 is 0. The minimum Gasteiger partial charge on any atom is -0.461 e. The first kappa shape index (κ1) is 35.2. The van der Waals surface area contributed by atoms with Crippen molar-refractivity contribution in [2.75, 3.05) is 60.5 Å². The van der Waals surface area contributed by atoms with Crippen molar-refractivity contribution >= 4 is 49.2 Å². The van der Waals surface area contributed by atoms with E-state index in [4.69, 9.17) is 10.5 Å². The number of aromatic nitrogens is 4. The summed E-state index contributed by atoms with van der Waals surface area (Å²) in [5, 5.41) is 9.93. The molecule has 1 unspecified atom stereocenters. The summed E-state index contributed by atoms with van der Waals surface area (Å²) in [5.41, 5.74) is 6.31. The fraction of sp³-hybridized carbons (Fsp3) is 0.379. The number of nitrogens with one attached hydrogen (secondary N) is 1. The smallest absolute Gasteiger partial charge is 0.262 e. The Morgan fingerprint density at radius 1 is 1.06 bits per heavy atom. The first-order chi connectivity index (χ1) is 22.2. The number of para-hydroxylation sites is 1. The number of sulfonamides is 2. The van der Waals surface area contributed by atoms with Crippen LogP contribution in [0.4, 0.5) is 17.5 Å². The number of ether oxygens (including phenoxy) is 1. The van der Waals surface area contributed by atoms with Crippen LogP contribution in [0, 0.1) is 18.8 Å². The molecule has 16 nitrogen and oxygen atoms in total. The summed E-state index contributed by atoms with van der Waals surface area (Å²) in [6.07, 6.45) is 0.359. The molecule has 1 aliphatic rings. The van der Waals surface area contributed by atoms with Crippen molar-refractivity contribution in [3.05, 3.63) is 53.7 Å². The first-order valence-electron chi connectivity index (χ1n) is 14.3. The molecule has 1 amide bonds. The second-order valence-corrected chi connectivity index (χ2v) is 14.4. The van der Waals surface area contributed by atoms with E-state index in [0.717, 1.165) is 10.6 Å². The van der Waals surface area contributed by atoms with Crippen LogP contribution >= 0.6 is 0 Å². The van der Waals surface area contributed by atoms with E-state index in [9.17, 15) is 26.4 Å². The molecule has 1 aromatic carbocycles. The third-order valence-corrected chi connectivity index (χ3v) is 9.90. The van der Waals surface area contributed by atoms with Gasteiger partial charge in [-0.3, -0.25) is 13.9 Å². The molecular weight excluding hydrogens is 651 g/mol. The van der Waals surface area contributed by atoms with Crippen molar-refractivity contribution in [2.45, 2.75) is 31.4 Å². The predicted molar refractivity (Wildman–Crippen MR) is 174 cm³/mol. The molecule has 250 valence electrons. The Morgan fingerprint density at radius 3 is 2.38 bits per heavy atom. The second-order valence-electron chi connectivity index (χ2n) is 10.5. The molecular formula is C29H35N9O7S2. The molecule has 3 N–H and O–H groups in total. The summed E-state index contributed by atoms with van der Waals surface area (Å²) in [6, 6.07) is 10.3. The van der Waals surface area contributed by atoms with Gasteiger partial charge in [-0.25, -0.2) is 21.8 Å². The van der Waals surface area contributed by atoms with Crippen LogP contribution < -0.4 is 25.0 Å². The van der Waals surface area contributed by atoms with Crippen LogP contribution in [0.15, 0.2) is 47.5 Å². The molecule has 0 radical (unpaired) electrons. The van der Waals surface area contributed by atoms with Gasteiger partial charge in [0.1, 0.15) is 5.78 Å². The molecule has 0 spiro atoms. The van der Waals surface area contributed by atoms with E-state index in [1.165, 1.54) is 42.5 Å². The van der Waals surface area contributed by atoms with Crippen molar-refractivity contribution in [1.82, 2.24) is 24.5 Å². The van der Waals surface area contributed by atoms with E-state index in [2.05, 4.69) is 37.3 Å². The van der Waals surface area contributed by atoms with E-state index in [-0.39, 0.29) is 72.9 Å². The Hall–Kier alpha value is -4.70. The first-order valence-corrected chi connectivity index (χ1v) is 17.6. The minimum absolute atomic E-state index is 0.0234. The van der Waals surface area contributed by atoms with Crippen LogP contribution in [0.1, 0.15) is 29.4 Å². The molecule has 3 heterocycles. The number of rotatable bonds is 11. The van der Waals surface area contributed by atoms with Crippen molar-refractivity contribution in [1.29, 1.82) is 0 Å². The number of nitrogens with two attached hydrogens (primary N) is 1. The maximum atomic E-state index is 13.4. The molecule has 47 heavy (non-hydrogen) atoms. The number of aryl methyl sites for hydroxylation is 1. The van der Waals surface area contributed by atoms with Crippen LogP contribution in [-0.2, 0) is 24.8 Å². The number of carbonyl (C=O) groups excluding carboxylic acids is 2. The zero-order valence-corrected chi connectivity index (χ0v) is 27.9. The number of hydrogen-bond donors (Lipinski definition) is 2. The van der Waals surface area contributed by atoms with Gasteiger partial charge in [-0.05, 0) is 38.1 Å². The van der Waals surface area contributed by atoms with Crippen LogP contribution in [0.5, 0.6) is 5.88 Å². The SMILES string of the molecule is CC(=O)CC(C#CCN)Oc1cc(C)nc(N2CCN(S(=O)(=O)c3ccc(NC(=O)c4ccccc4N(C)S(C)(=O)=O)nn3)CC2)n1. The number of carbonyl (C=O) groups is 2. The van der Waals surface area contributed by atoms with Crippen molar-refractivity contribution in [3.8, 4) is 17.7 Å². The molecule has 2 aromatic heterocycles. The highest BCUT2D eigenvalue weighted by Gasteiger charge is 2.31. The monoisotopic (exact) mass is 685 g/mol. The lowest BCUT2D eigenvalue weighted by molar-refractivity contribution is -0.118. The average Bonchev–Trinajstić information content (AvgIpc) is 3.02. The van der Waals surface area contributed by atoms with Gasteiger partial charge in [-0.15, -0.1) is 10.2 Å². The van der Waals surface area contributed by atoms with Gasteiger partial charge in [0, 0.05) is 45.0 Å². The van der Waals surface area contributed by atoms with Gasteiger partial charge in [0.15, 0.2) is 16.9 Å². The predicted octanol–water partition coefficient (Wildman–Crippen LogP) is 0.423. The maximum Gasteiger partial charge on any atom is 0.262 e. The summed E-state index contributed by atoms with van der Waals surface area (Å²) in [4.78, 5) is 35.4. The van der Waals surface area contributed by atoms with Crippen molar-refractivity contribution in [3.63, 3.8) is 0 Å². The largest absolute Gasteiger partial charge is 0.461 e. The Morgan fingerprint density at radius 2 is 1.77 bits per heavy atom. The number of hydrogen-bond acceptors (Lipinski definition) is 13. The zero-order chi connectivity index (χ0) is 34.4. The van der Waals surface area contributed by atoms with Crippen molar-refractivity contribution < 1.29 is 31.2 Å². The number of ketones is 1. The topological polar surface area (TPSA) is 211 Å². The van der Waals surface area contributed by atoms with E-state index < -0.39 is 32.1 Å². The summed E-state index contributed by atoms with van der Waals surface area (Å²) in [7, 11) is -6.33. The zero-order valence-electron chi connectivity index (χ0n) is 26.2. The minimum atomic E-state index is -4.03. The van der Waals surface area contributed by atoms with E-state index in [0.29, 0.717) is 11.6 Å². The third-order valence-electron chi connectivity index (χ3n) is 6.91. The van der Waals surface area contributed by atoms with Gasteiger partial charge >= 0.3 is 0 Å². The molecule has 0 aliphatic carbocycles. The van der Waals surface area contributed by atoms with E-state index in [1.807, 2.05) is 4.90 Å². The summed E-state index contributed by atoms with van der Waals surface area (Å²) in [5.74, 6) is 5.33. The molecule has 3 aromatic rings. The van der Waals surface area contributed by atoms with Crippen LogP contribution in [-0.4, -0.2) is 105 Å². The summed E-state index contributed by atoms with van der Waals surface area (Å²) in [6.45, 7) is 4.08. The van der Waals surface area contributed by atoms with Gasteiger partial charge in [0.25, 0.3) is 15.9 Å². The standard InChI is InChI=1S/C29H35N9O7S2/c1-20-18-26(45-22(8-7-13-30)19-21(2)39)33-29(31-20)37-14-16-38(17-15-37)47(43,44)27-12-11-25(34-35-27)32-28(40)23-9-5-6-10-24(23)36(3)46(4,41)42/h5-6,9-12,18,22H,13-17,19,30H2,1-4H3,(H,32,34,40). The highest BCUT2D eigenvalue weighted by Crippen LogP contribution is 2.24. The number of piperazine rings is 1. The molecule has 1 aliphatic heterocycles. The molecule has 4 rings (SSSR count). The molecule has 1 saturated heterocycles. The molecule has 0 saturated carbocycles. The Balaban J connectivity index is 1.41. The van der Waals surface area contributed by atoms with Gasteiger partial charge < -0.3 is 20.7 Å². The molecule has 1 fully saturated rings. The van der Waals surface area contributed by atoms with Crippen LogP contribution in [0.3, 0.4) is 0 Å². The second kappa shape index (κ2) is 14.8. The summed E-state index contributed by atoms with van der Waals surface area (Å²) < 4.78 is 58.9. The van der Waals surface area contributed by atoms with Crippen molar-refractivity contribution in [2.24, 2.45) is 5.73 Å². The fourth-order valence-electron chi connectivity index (χ4n) is 4.52. The lowest BCUT2D eigenvalue weighted by atomic mass is 10.1. The maximum absolute atomic E-state index is 13.4. The van der Waals surface area contributed by atoms with Gasteiger partial charge in [-0.2, -0.15) is 9.29 Å². The highest BCUT2D eigenvalue weighted by molar-refractivity contribution is 7.92. The lowest BCUT2D eigenvalue weighted by Crippen LogP contribution is -2.49. The normalized spacial score (nSPS) is 14.4. The van der Waals surface area contributed by atoms with Gasteiger partial charge in [-0.1, -0.05) is 24.0 Å². The van der Waals surface area contributed by atoms with Crippen LogP contribution in [0.2, 0.25) is 0 Å². The van der Waals surface area contributed by atoms with Gasteiger partial charge in [0.05, 0.1) is 30.5 Å². The number of amides is 1. The Labute approximate surface area is 273 Å².